The zero-order chi connectivity index (χ0) is 14.7. The van der Waals surface area contributed by atoms with Crippen molar-refractivity contribution in [2.24, 2.45) is 0 Å². The van der Waals surface area contributed by atoms with Crippen molar-refractivity contribution in [1.82, 2.24) is 4.98 Å². The fraction of sp³-hybridized carbons (Fsp3) is 0.0769. The normalized spacial score (nSPS) is 10.4. The summed E-state index contributed by atoms with van der Waals surface area (Å²) in [6, 6.07) is 5.53. The average Bonchev–Trinajstić information content (AvgIpc) is 2.41. The Morgan fingerprint density at radius 1 is 1.25 bits per heavy atom. The molecule has 20 heavy (non-hydrogen) atoms. The van der Waals surface area contributed by atoms with E-state index in [4.69, 9.17) is 39.5 Å². The molecule has 1 aromatic carbocycles. The Kier molecular flexibility index (Phi) is 4.81. The minimum absolute atomic E-state index is 0.0837. The first-order valence-electron chi connectivity index (χ1n) is 5.40. The number of nitrogens with zero attached hydrogens (tertiary/aromatic N) is 1. The number of aromatic nitrogens is 1. The molecule has 0 aliphatic carbocycles. The molecule has 3 nitrogen and oxygen atoms in total. The van der Waals surface area contributed by atoms with Crippen LogP contribution in [0, 0.1) is 5.82 Å². The molecular weight excluding hydrogens is 328 g/mol. The number of pyridine rings is 1. The lowest BCUT2D eigenvalue weighted by atomic mass is 10.2. The van der Waals surface area contributed by atoms with Crippen LogP contribution in [-0.4, -0.2) is 11.0 Å². The minimum atomic E-state index is -0.699. The summed E-state index contributed by atoms with van der Waals surface area (Å²) < 4.78 is 18.5. The van der Waals surface area contributed by atoms with E-state index >= 15 is 0 Å². The van der Waals surface area contributed by atoms with Gasteiger partial charge in [0.2, 0.25) is 0 Å². The van der Waals surface area contributed by atoms with E-state index in [2.05, 4.69) is 4.98 Å². The lowest BCUT2D eigenvalue weighted by Gasteiger charge is -2.07. The summed E-state index contributed by atoms with van der Waals surface area (Å²) in [5, 5.41) is 0.399. The van der Waals surface area contributed by atoms with Crippen molar-refractivity contribution in [2.75, 3.05) is 0 Å². The molecule has 2 rings (SSSR count). The standard InChI is InChI=1S/C13H7Cl3FNO2/c14-9-2-1-3-11(17)8(9)6-20-13(19)7-4-10(15)12(16)18-5-7/h1-5H,6H2. The molecule has 0 atom stereocenters. The second-order valence-corrected chi connectivity index (χ2v) is 4.95. The number of hydrogen-bond donors (Lipinski definition) is 0. The van der Waals surface area contributed by atoms with Gasteiger partial charge in [0.25, 0.3) is 0 Å². The fourth-order valence-electron chi connectivity index (χ4n) is 1.42. The summed E-state index contributed by atoms with van der Waals surface area (Å²) in [7, 11) is 0. The SMILES string of the molecule is O=C(OCc1c(F)cccc1Cl)c1cnc(Cl)c(Cl)c1. The Morgan fingerprint density at radius 2 is 2.00 bits per heavy atom. The van der Waals surface area contributed by atoms with E-state index in [0.29, 0.717) is 0 Å². The number of hydrogen-bond acceptors (Lipinski definition) is 3. The van der Waals surface area contributed by atoms with Crippen LogP contribution in [0.25, 0.3) is 0 Å². The van der Waals surface area contributed by atoms with Gasteiger partial charge in [0.1, 0.15) is 17.6 Å². The Balaban J connectivity index is 2.11. The van der Waals surface area contributed by atoms with Gasteiger partial charge in [-0.05, 0) is 18.2 Å². The van der Waals surface area contributed by atoms with Crippen molar-refractivity contribution >= 4 is 40.8 Å². The van der Waals surface area contributed by atoms with E-state index in [-0.39, 0.29) is 32.9 Å². The van der Waals surface area contributed by atoms with Gasteiger partial charge in [-0.25, -0.2) is 14.2 Å². The molecule has 0 saturated heterocycles. The third kappa shape index (κ3) is 3.39. The summed E-state index contributed by atoms with van der Waals surface area (Å²) in [4.78, 5) is 15.5. The zero-order valence-corrected chi connectivity index (χ0v) is 12.1. The second kappa shape index (κ2) is 6.39. The Morgan fingerprint density at radius 3 is 2.65 bits per heavy atom. The summed E-state index contributed by atoms with van der Waals surface area (Å²) >= 11 is 17.2. The molecule has 1 aromatic heterocycles. The number of rotatable bonds is 3. The van der Waals surface area contributed by atoms with Crippen molar-refractivity contribution in [1.29, 1.82) is 0 Å². The summed E-state index contributed by atoms with van der Waals surface area (Å²) in [5.41, 5.74) is 0.224. The maximum absolute atomic E-state index is 13.5. The Bertz CT molecular complexity index is 644. The lowest BCUT2D eigenvalue weighted by Crippen LogP contribution is -2.07. The summed E-state index contributed by atoms with van der Waals surface area (Å²) in [6.07, 6.45) is 1.22. The highest BCUT2D eigenvalue weighted by Crippen LogP contribution is 2.22. The predicted octanol–water partition coefficient (Wildman–Crippen LogP) is 4.54. The molecule has 0 bridgehead atoms. The number of benzene rings is 1. The van der Waals surface area contributed by atoms with E-state index in [1.165, 1.54) is 30.5 Å². The van der Waals surface area contributed by atoms with Gasteiger partial charge in [0.05, 0.1) is 15.6 Å². The van der Waals surface area contributed by atoms with Crippen molar-refractivity contribution < 1.29 is 13.9 Å². The first kappa shape index (κ1) is 15.0. The van der Waals surface area contributed by atoms with Gasteiger partial charge in [-0.1, -0.05) is 40.9 Å². The third-order valence-corrected chi connectivity index (χ3v) is 3.48. The highest BCUT2D eigenvalue weighted by Gasteiger charge is 2.13. The number of carbonyl (C=O) groups is 1. The molecule has 2 aromatic rings. The van der Waals surface area contributed by atoms with Crippen molar-refractivity contribution in [3.8, 4) is 0 Å². The van der Waals surface area contributed by atoms with Gasteiger partial charge in [-0.15, -0.1) is 0 Å². The van der Waals surface area contributed by atoms with Crippen LogP contribution in [0.2, 0.25) is 15.2 Å². The molecule has 0 N–H and O–H groups in total. The van der Waals surface area contributed by atoms with Crippen molar-refractivity contribution in [3.63, 3.8) is 0 Å². The molecule has 0 saturated carbocycles. The average molecular weight is 335 g/mol. The van der Waals surface area contributed by atoms with Crippen LogP contribution in [0.3, 0.4) is 0 Å². The van der Waals surface area contributed by atoms with Crippen LogP contribution in [0.4, 0.5) is 4.39 Å². The number of ether oxygens (including phenoxy) is 1. The molecule has 104 valence electrons. The van der Waals surface area contributed by atoms with E-state index in [1.807, 2.05) is 0 Å². The zero-order valence-electron chi connectivity index (χ0n) is 9.87. The van der Waals surface area contributed by atoms with Crippen molar-refractivity contribution in [3.05, 3.63) is 62.6 Å². The molecule has 0 fully saturated rings. The minimum Gasteiger partial charge on any atom is -0.457 e. The molecule has 7 heteroatoms. The Hall–Kier alpha value is -1.36. The molecule has 0 spiro atoms. The highest BCUT2D eigenvalue weighted by molar-refractivity contribution is 6.41. The monoisotopic (exact) mass is 333 g/mol. The lowest BCUT2D eigenvalue weighted by molar-refractivity contribution is 0.0468. The van der Waals surface area contributed by atoms with Gasteiger partial charge in [-0.2, -0.15) is 0 Å². The van der Waals surface area contributed by atoms with Crippen LogP contribution in [0.15, 0.2) is 30.5 Å². The van der Waals surface area contributed by atoms with Crippen LogP contribution < -0.4 is 0 Å². The number of esters is 1. The fourth-order valence-corrected chi connectivity index (χ4v) is 1.91. The first-order chi connectivity index (χ1) is 9.49. The third-order valence-electron chi connectivity index (χ3n) is 2.44. The first-order valence-corrected chi connectivity index (χ1v) is 6.53. The molecule has 0 radical (unpaired) electrons. The van der Waals surface area contributed by atoms with E-state index in [9.17, 15) is 9.18 Å². The van der Waals surface area contributed by atoms with Gasteiger partial charge in [0.15, 0.2) is 0 Å². The smallest absolute Gasteiger partial charge is 0.340 e. The van der Waals surface area contributed by atoms with Gasteiger partial charge >= 0.3 is 5.97 Å². The van der Waals surface area contributed by atoms with E-state index < -0.39 is 11.8 Å². The summed E-state index contributed by atoms with van der Waals surface area (Å²) in [5.74, 6) is -1.24. The quantitative estimate of drug-likeness (QED) is 0.611. The molecule has 0 aliphatic rings. The van der Waals surface area contributed by atoms with Gasteiger partial charge in [0, 0.05) is 11.8 Å². The second-order valence-electron chi connectivity index (χ2n) is 3.77. The topological polar surface area (TPSA) is 39.2 Å². The largest absolute Gasteiger partial charge is 0.457 e. The maximum Gasteiger partial charge on any atom is 0.340 e. The highest BCUT2D eigenvalue weighted by atomic mass is 35.5. The van der Waals surface area contributed by atoms with Gasteiger partial charge < -0.3 is 4.74 Å². The molecule has 0 amide bonds. The maximum atomic E-state index is 13.5. The molecular formula is C13H7Cl3FNO2. The van der Waals surface area contributed by atoms with Crippen molar-refractivity contribution in [2.45, 2.75) is 6.61 Å². The van der Waals surface area contributed by atoms with Crippen LogP contribution >= 0.6 is 34.8 Å². The van der Waals surface area contributed by atoms with E-state index in [1.54, 1.807) is 0 Å². The molecule has 1 heterocycles. The predicted molar refractivity (Wildman–Crippen MR) is 74.8 cm³/mol. The van der Waals surface area contributed by atoms with Gasteiger partial charge in [-0.3, -0.25) is 0 Å². The number of carbonyl (C=O) groups excluding carboxylic acids is 1. The van der Waals surface area contributed by atoms with Crippen LogP contribution in [-0.2, 0) is 11.3 Å². The molecule has 0 aliphatic heterocycles. The van der Waals surface area contributed by atoms with Crippen LogP contribution in [0.5, 0.6) is 0 Å². The number of halogens is 4. The van der Waals surface area contributed by atoms with E-state index in [0.717, 1.165) is 0 Å². The van der Waals surface area contributed by atoms with Crippen LogP contribution in [0.1, 0.15) is 15.9 Å². The molecule has 0 unspecified atom stereocenters. The Labute approximate surface area is 129 Å². The summed E-state index contributed by atoms with van der Waals surface area (Å²) in [6.45, 7) is -0.287.